The predicted molar refractivity (Wildman–Crippen MR) is 165 cm³/mol. The average Bonchev–Trinajstić information content (AvgIpc) is 3.02. The molecule has 0 aliphatic heterocycles. The Hall–Kier alpha value is -6.26. The molecular weight excluding hydrogens is 622 g/mol. The molecule has 0 aliphatic carbocycles. The van der Waals surface area contributed by atoms with Crippen molar-refractivity contribution in [3.05, 3.63) is 89.5 Å². The molecule has 0 atom stereocenters. The Bertz CT molecular complexity index is 2250. The Labute approximate surface area is 258 Å². The van der Waals surface area contributed by atoms with Crippen LogP contribution in [-0.2, 0) is 10.1 Å². The number of hydrogen-bond acceptors (Lipinski definition) is 11. The van der Waals surface area contributed by atoms with Gasteiger partial charge in [-0.15, -0.1) is 15.3 Å². The highest BCUT2D eigenvalue weighted by Gasteiger charge is 2.28. The van der Waals surface area contributed by atoms with Crippen molar-refractivity contribution in [3.8, 4) is 5.75 Å². The second-order valence-corrected chi connectivity index (χ2v) is 11.0. The van der Waals surface area contributed by atoms with Gasteiger partial charge in [-0.2, -0.15) is 13.5 Å². The van der Waals surface area contributed by atoms with Crippen LogP contribution in [-0.4, -0.2) is 58.4 Å². The van der Waals surface area contributed by atoms with Crippen LogP contribution in [0.25, 0.3) is 21.5 Å². The van der Waals surface area contributed by atoms with E-state index in [-0.39, 0.29) is 50.2 Å². The van der Waals surface area contributed by atoms with Crippen molar-refractivity contribution >= 4 is 78.0 Å². The molecule has 0 saturated heterocycles. The summed E-state index contributed by atoms with van der Waals surface area (Å²) in [7, 11) is -3.65. The highest BCUT2D eigenvalue weighted by atomic mass is 32.2. The van der Waals surface area contributed by atoms with Crippen molar-refractivity contribution in [2.24, 2.45) is 20.5 Å². The molecule has 5 aromatic carbocycles. The van der Waals surface area contributed by atoms with E-state index in [0.717, 1.165) is 24.3 Å². The van der Waals surface area contributed by atoms with E-state index in [1.165, 1.54) is 31.3 Å². The van der Waals surface area contributed by atoms with E-state index in [1.54, 1.807) is 24.3 Å². The van der Waals surface area contributed by atoms with Crippen LogP contribution in [0.5, 0.6) is 5.75 Å². The summed E-state index contributed by atoms with van der Waals surface area (Å²) in [5.41, 5.74) is -1.17. The number of phenolic OH excluding ortho intramolecular Hbond substituents is 1. The van der Waals surface area contributed by atoms with Crippen LogP contribution in [0.4, 0.5) is 28.4 Å². The number of aromatic hydroxyl groups is 1. The summed E-state index contributed by atoms with van der Waals surface area (Å²) in [6, 6.07) is 16.5. The fraction of sp³-hybridized carbons (Fsp3) is 0.0333. The molecule has 16 heteroatoms. The smallest absolute Gasteiger partial charge is 0.335 e. The molecule has 0 bridgehead atoms. The predicted octanol–water partition coefficient (Wildman–Crippen LogP) is 6.91. The standard InChI is InChI=1S/C30H21N5O10S/c1-31-24-20-7-6-14(28(37)38)13-21(20)26(36)25(27(24)46(43,44)45)35-34-23-9-8-22(18-4-2-3-5-19(18)23)33-32-17-11-15(29(39)40)10-16(12-17)30(41)42/h2-13,31,36H,1H3,(H,37,38)(H,39,40)(H,41,42)(H,43,44,45). The third-order valence-corrected chi connectivity index (χ3v) is 7.70. The number of benzene rings is 5. The Kier molecular flexibility index (Phi) is 8.15. The van der Waals surface area contributed by atoms with E-state index in [1.807, 2.05) is 0 Å². The molecule has 0 aromatic heterocycles. The number of anilines is 1. The van der Waals surface area contributed by atoms with Gasteiger partial charge in [0.05, 0.1) is 39.4 Å². The van der Waals surface area contributed by atoms with Gasteiger partial charge < -0.3 is 25.7 Å². The summed E-state index contributed by atoms with van der Waals surface area (Å²) < 4.78 is 35.1. The first-order valence-electron chi connectivity index (χ1n) is 13.0. The van der Waals surface area contributed by atoms with Crippen molar-refractivity contribution in [2.75, 3.05) is 12.4 Å². The zero-order valence-corrected chi connectivity index (χ0v) is 24.2. The van der Waals surface area contributed by atoms with E-state index in [9.17, 15) is 47.8 Å². The van der Waals surface area contributed by atoms with Gasteiger partial charge in [0.1, 0.15) is 4.90 Å². The molecule has 0 heterocycles. The van der Waals surface area contributed by atoms with Crippen molar-refractivity contribution in [1.29, 1.82) is 0 Å². The van der Waals surface area contributed by atoms with Gasteiger partial charge in [-0.3, -0.25) is 4.55 Å². The largest absolute Gasteiger partial charge is 0.505 e. The molecule has 5 rings (SSSR count). The van der Waals surface area contributed by atoms with E-state index in [4.69, 9.17) is 0 Å². The minimum atomic E-state index is -5.01. The molecule has 46 heavy (non-hydrogen) atoms. The summed E-state index contributed by atoms with van der Waals surface area (Å²) in [5, 5.41) is 59.1. The molecule has 15 nitrogen and oxygen atoms in total. The van der Waals surface area contributed by atoms with Gasteiger partial charge in [0.15, 0.2) is 11.4 Å². The lowest BCUT2D eigenvalue weighted by Crippen LogP contribution is -2.05. The molecule has 0 spiro atoms. The maximum absolute atomic E-state index is 12.5. The van der Waals surface area contributed by atoms with E-state index in [0.29, 0.717) is 10.8 Å². The van der Waals surface area contributed by atoms with Gasteiger partial charge >= 0.3 is 17.9 Å². The molecule has 0 fully saturated rings. The number of carboxylic acids is 3. The fourth-order valence-electron chi connectivity index (χ4n) is 4.73. The lowest BCUT2D eigenvalue weighted by Gasteiger charge is -2.15. The number of aromatic carboxylic acids is 3. The van der Waals surface area contributed by atoms with Crippen LogP contribution in [0.2, 0.25) is 0 Å². The van der Waals surface area contributed by atoms with Crippen LogP contribution in [0.1, 0.15) is 31.1 Å². The third-order valence-electron chi connectivity index (χ3n) is 6.79. The van der Waals surface area contributed by atoms with Gasteiger partial charge in [0.25, 0.3) is 10.1 Å². The molecule has 0 amide bonds. The normalized spacial score (nSPS) is 11.9. The lowest BCUT2D eigenvalue weighted by molar-refractivity contribution is 0.0682. The lowest BCUT2D eigenvalue weighted by atomic mass is 10.0. The maximum atomic E-state index is 12.5. The maximum Gasteiger partial charge on any atom is 0.335 e. The Morgan fingerprint density at radius 1 is 0.652 bits per heavy atom. The molecule has 6 N–H and O–H groups in total. The number of rotatable bonds is 9. The number of azo groups is 2. The molecular formula is C30H21N5O10S. The first-order chi connectivity index (χ1) is 21.8. The van der Waals surface area contributed by atoms with Crippen molar-refractivity contribution in [1.82, 2.24) is 0 Å². The van der Waals surface area contributed by atoms with Crippen LogP contribution in [0.3, 0.4) is 0 Å². The summed E-state index contributed by atoms with van der Waals surface area (Å²) >= 11 is 0. The Balaban J connectivity index is 1.65. The second kappa shape index (κ2) is 12.0. The van der Waals surface area contributed by atoms with E-state index >= 15 is 0 Å². The Morgan fingerprint density at radius 3 is 1.70 bits per heavy atom. The molecule has 0 aliphatic rings. The summed E-state index contributed by atoms with van der Waals surface area (Å²) in [6.07, 6.45) is 0. The quantitative estimate of drug-likeness (QED) is 0.0546. The van der Waals surface area contributed by atoms with Crippen molar-refractivity contribution in [3.63, 3.8) is 0 Å². The second-order valence-electron chi connectivity index (χ2n) is 9.62. The van der Waals surface area contributed by atoms with Crippen LogP contribution in [0, 0.1) is 0 Å². The summed E-state index contributed by atoms with van der Waals surface area (Å²) in [4.78, 5) is 33.7. The van der Waals surface area contributed by atoms with Gasteiger partial charge in [0, 0.05) is 28.6 Å². The van der Waals surface area contributed by atoms with Crippen molar-refractivity contribution in [2.45, 2.75) is 4.90 Å². The molecule has 5 aromatic rings. The van der Waals surface area contributed by atoms with E-state index < -0.39 is 44.4 Å². The Morgan fingerprint density at radius 2 is 1.20 bits per heavy atom. The zero-order valence-electron chi connectivity index (χ0n) is 23.4. The van der Waals surface area contributed by atoms with Crippen LogP contribution in [0.15, 0.2) is 98.1 Å². The van der Waals surface area contributed by atoms with Crippen molar-refractivity contribution < 1.29 is 47.8 Å². The van der Waals surface area contributed by atoms with Crippen LogP contribution < -0.4 is 5.32 Å². The van der Waals surface area contributed by atoms with Gasteiger partial charge in [-0.05, 0) is 42.5 Å². The third kappa shape index (κ3) is 5.92. The topological polar surface area (TPSA) is 248 Å². The number of carbonyl (C=O) groups is 3. The van der Waals surface area contributed by atoms with E-state index in [2.05, 4.69) is 25.8 Å². The summed E-state index contributed by atoms with van der Waals surface area (Å²) in [6.45, 7) is 0. The summed E-state index contributed by atoms with van der Waals surface area (Å²) in [5.74, 6) is -4.74. The number of nitrogens with zero attached hydrogens (tertiary/aromatic N) is 4. The number of fused-ring (bicyclic) bond motifs is 2. The monoisotopic (exact) mass is 643 g/mol. The molecule has 0 saturated carbocycles. The molecule has 0 unspecified atom stereocenters. The number of carboxylic acid groups (broad SMARTS) is 3. The number of phenols is 1. The minimum absolute atomic E-state index is 0.0268. The average molecular weight is 644 g/mol. The molecule has 232 valence electrons. The van der Waals surface area contributed by atoms with Gasteiger partial charge in [-0.1, -0.05) is 30.3 Å². The highest BCUT2D eigenvalue weighted by molar-refractivity contribution is 7.86. The van der Waals surface area contributed by atoms with Crippen LogP contribution >= 0.6 is 0 Å². The first-order valence-corrected chi connectivity index (χ1v) is 14.4. The molecule has 0 radical (unpaired) electrons. The highest BCUT2D eigenvalue weighted by Crippen LogP contribution is 2.47. The van der Waals surface area contributed by atoms with Gasteiger partial charge in [0.2, 0.25) is 0 Å². The first kappa shape index (κ1) is 31.2. The number of hydrogen-bond donors (Lipinski definition) is 6. The zero-order chi connectivity index (χ0) is 33.3. The van der Waals surface area contributed by atoms with Gasteiger partial charge in [-0.25, -0.2) is 14.4 Å². The minimum Gasteiger partial charge on any atom is -0.505 e. The fourth-order valence-corrected chi connectivity index (χ4v) is 5.58. The SMILES string of the molecule is CNc1c(S(=O)(=O)O)c(N=Nc2ccc(N=Nc3cc(C(=O)O)cc(C(=O)O)c3)c3ccccc23)c(O)c2cc(C(=O)O)ccc12. The number of nitrogens with one attached hydrogen (secondary N) is 1.